The Balaban J connectivity index is 0. The van der Waals surface area contributed by atoms with Crippen molar-refractivity contribution < 1.29 is 14.6 Å². The second-order valence-electron chi connectivity index (χ2n) is 6.85. The molecule has 0 heterocycles. The molecule has 1 aromatic carbocycles. The summed E-state index contributed by atoms with van der Waals surface area (Å²) < 4.78 is 5.20. The lowest BCUT2D eigenvalue weighted by Gasteiger charge is -2.08. The van der Waals surface area contributed by atoms with Crippen molar-refractivity contribution >= 4 is 5.78 Å². The molecule has 0 aliphatic rings. The molecule has 1 rings (SSSR count). The van der Waals surface area contributed by atoms with Gasteiger partial charge in [0.15, 0.2) is 0 Å². The molecule has 3 nitrogen and oxygen atoms in total. The Morgan fingerprint density at radius 3 is 1.81 bits per heavy atom. The molecule has 0 saturated carbocycles. The summed E-state index contributed by atoms with van der Waals surface area (Å²) in [5.74, 6) is 0.343. The Morgan fingerprint density at radius 1 is 0.926 bits per heavy atom. The van der Waals surface area contributed by atoms with Gasteiger partial charge in [0.2, 0.25) is 0 Å². The maximum absolute atomic E-state index is 10.2. The van der Waals surface area contributed by atoms with Gasteiger partial charge >= 0.3 is 0 Å². The fourth-order valence-corrected chi connectivity index (χ4v) is 2.34. The number of hydrogen-bond acceptors (Lipinski definition) is 3. The van der Waals surface area contributed by atoms with E-state index in [2.05, 4.69) is 13.8 Å². The van der Waals surface area contributed by atoms with E-state index in [0.29, 0.717) is 24.7 Å². The maximum atomic E-state index is 10.2. The lowest BCUT2D eigenvalue weighted by molar-refractivity contribution is -0.118. The van der Waals surface area contributed by atoms with Crippen molar-refractivity contribution in [1.29, 1.82) is 0 Å². The number of ether oxygens (including phenoxy) is 1. The molecule has 1 aromatic rings. The Morgan fingerprint density at radius 2 is 1.44 bits per heavy atom. The number of benzene rings is 1. The van der Waals surface area contributed by atoms with E-state index in [1.807, 2.05) is 44.2 Å². The average Bonchev–Trinajstić information content (AvgIpc) is 2.73. The summed E-state index contributed by atoms with van der Waals surface area (Å²) in [6.07, 6.45) is 12.8. The van der Waals surface area contributed by atoms with Gasteiger partial charge in [0.05, 0.1) is 12.7 Å². The molecule has 1 N–H and O–H groups in total. The third-order valence-electron chi connectivity index (χ3n) is 4.43. The van der Waals surface area contributed by atoms with Crippen LogP contribution < -0.4 is 0 Å². The van der Waals surface area contributed by atoms with Gasteiger partial charge in [-0.1, -0.05) is 96.0 Å². The summed E-state index contributed by atoms with van der Waals surface area (Å²) >= 11 is 0. The van der Waals surface area contributed by atoms with Crippen LogP contribution in [-0.4, -0.2) is 24.1 Å². The van der Waals surface area contributed by atoms with E-state index in [1.165, 1.54) is 51.4 Å². The number of carbonyl (C=O) groups is 1. The number of ketones is 1. The highest BCUT2D eigenvalue weighted by Crippen LogP contribution is 2.10. The second-order valence-corrected chi connectivity index (χ2v) is 6.85. The summed E-state index contributed by atoms with van der Waals surface area (Å²) in [5, 5.41) is 8.54. The molecule has 0 aliphatic carbocycles. The molecule has 0 aromatic heterocycles. The van der Waals surface area contributed by atoms with Crippen LogP contribution in [0.4, 0.5) is 0 Å². The third-order valence-corrected chi connectivity index (χ3v) is 4.43. The molecule has 158 valence electrons. The number of aliphatic hydroxyl groups is 1. The van der Waals surface area contributed by atoms with E-state index < -0.39 is 0 Å². The quantitative estimate of drug-likeness (QED) is 0.410. The van der Waals surface area contributed by atoms with Gasteiger partial charge < -0.3 is 9.84 Å². The molecule has 3 heteroatoms. The van der Waals surface area contributed by atoms with E-state index in [-0.39, 0.29) is 6.61 Å². The van der Waals surface area contributed by atoms with E-state index in [4.69, 9.17) is 9.84 Å². The second kappa shape index (κ2) is 22.9. The van der Waals surface area contributed by atoms with Gasteiger partial charge in [-0.25, -0.2) is 0 Å². The van der Waals surface area contributed by atoms with Crippen LogP contribution in [0, 0.1) is 0 Å². The minimum Gasteiger partial charge on any atom is -0.392 e. The largest absolute Gasteiger partial charge is 0.392 e. The van der Waals surface area contributed by atoms with Crippen LogP contribution in [0.15, 0.2) is 30.3 Å². The molecular weight excluding hydrogens is 336 g/mol. The van der Waals surface area contributed by atoms with E-state index in [1.54, 1.807) is 7.11 Å². The van der Waals surface area contributed by atoms with Gasteiger partial charge in [-0.15, -0.1) is 0 Å². The summed E-state index contributed by atoms with van der Waals surface area (Å²) in [4.78, 5) is 10.2. The molecule has 1 unspecified atom stereocenters. The van der Waals surface area contributed by atoms with Crippen LogP contribution in [0.25, 0.3) is 0 Å². The van der Waals surface area contributed by atoms with Gasteiger partial charge in [-0.3, -0.25) is 4.79 Å². The zero-order chi connectivity index (χ0) is 20.8. The minimum atomic E-state index is 0.140. The van der Waals surface area contributed by atoms with E-state index >= 15 is 0 Å². The Hall–Kier alpha value is -1.19. The topological polar surface area (TPSA) is 46.5 Å². The highest BCUT2D eigenvalue weighted by Gasteiger charge is 1.98. The van der Waals surface area contributed by atoms with Crippen molar-refractivity contribution in [3.8, 4) is 0 Å². The SMILES string of the molecule is CCC(=O)CC.CCCCCCCCCC(C)OC.OCc1ccccc1. The molecule has 0 saturated heterocycles. The summed E-state index contributed by atoms with van der Waals surface area (Å²) in [6.45, 7) is 8.32. The first-order valence-corrected chi connectivity index (χ1v) is 10.7. The lowest BCUT2D eigenvalue weighted by Crippen LogP contribution is -2.03. The van der Waals surface area contributed by atoms with Crippen molar-refractivity contribution in [2.75, 3.05) is 7.11 Å². The molecule has 0 bridgehead atoms. The molecule has 0 aliphatic heterocycles. The third kappa shape index (κ3) is 22.8. The van der Waals surface area contributed by atoms with Crippen molar-refractivity contribution in [2.24, 2.45) is 0 Å². The normalized spacial score (nSPS) is 10.9. The fourth-order valence-electron chi connectivity index (χ4n) is 2.34. The van der Waals surface area contributed by atoms with Gasteiger partial charge in [0.25, 0.3) is 0 Å². The van der Waals surface area contributed by atoms with Crippen molar-refractivity contribution in [3.63, 3.8) is 0 Å². The predicted octanol–water partition coefficient (Wildman–Crippen LogP) is 6.72. The Kier molecular flexibility index (Phi) is 23.7. The lowest BCUT2D eigenvalue weighted by atomic mass is 10.1. The van der Waals surface area contributed by atoms with Gasteiger partial charge in [-0.05, 0) is 18.9 Å². The van der Waals surface area contributed by atoms with E-state index in [9.17, 15) is 4.79 Å². The van der Waals surface area contributed by atoms with Crippen LogP contribution in [0.3, 0.4) is 0 Å². The smallest absolute Gasteiger partial charge is 0.132 e. The van der Waals surface area contributed by atoms with Crippen LogP contribution in [0.5, 0.6) is 0 Å². The van der Waals surface area contributed by atoms with Crippen molar-refractivity contribution in [2.45, 2.75) is 105 Å². The maximum Gasteiger partial charge on any atom is 0.132 e. The number of unbranched alkanes of at least 4 members (excludes halogenated alkanes) is 6. The Labute approximate surface area is 168 Å². The molecule has 27 heavy (non-hydrogen) atoms. The van der Waals surface area contributed by atoms with Crippen LogP contribution in [-0.2, 0) is 16.1 Å². The molecule has 1 atom stereocenters. The molecule has 0 amide bonds. The number of aliphatic hydroxyl groups excluding tert-OH is 1. The number of rotatable bonds is 12. The Bertz CT molecular complexity index is 397. The summed E-state index contributed by atoms with van der Waals surface area (Å²) in [5.41, 5.74) is 0.965. The highest BCUT2D eigenvalue weighted by atomic mass is 16.5. The van der Waals surface area contributed by atoms with Gasteiger partial charge in [-0.2, -0.15) is 0 Å². The first kappa shape index (κ1) is 28.0. The van der Waals surface area contributed by atoms with E-state index in [0.717, 1.165) is 5.56 Å². The first-order valence-electron chi connectivity index (χ1n) is 10.7. The molecule has 0 radical (unpaired) electrons. The van der Waals surface area contributed by atoms with Crippen molar-refractivity contribution in [3.05, 3.63) is 35.9 Å². The van der Waals surface area contributed by atoms with Crippen LogP contribution in [0.1, 0.15) is 97.5 Å². The van der Waals surface area contributed by atoms with Crippen LogP contribution in [0.2, 0.25) is 0 Å². The van der Waals surface area contributed by atoms with Gasteiger partial charge in [0, 0.05) is 20.0 Å². The molecule has 0 fully saturated rings. The zero-order valence-electron chi connectivity index (χ0n) is 18.5. The number of Topliss-reactive ketones (excluding diaryl/α,β-unsaturated/α-hetero) is 1. The van der Waals surface area contributed by atoms with Crippen LogP contribution >= 0.6 is 0 Å². The first-order chi connectivity index (χ1) is 13.0. The molecular formula is C24H44O3. The predicted molar refractivity (Wildman–Crippen MR) is 117 cm³/mol. The summed E-state index contributed by atoms with van der Waals surface area (Å²) in [7, 11) is 1.80. The minimum absolute atomic E-state index is 0.140. The van der Waals surface area contributed by atoms with Gasteiger partial charge in [0.1, 0.15) is 5.78 Å². The number of carbonyl (C=O) groups excluding carboxylic acids is 1. The number of methoxy groups -OCH3 is 1. The average molecular weight is 381 g/mol. The molecule has 0 spiro atoms. The van der Waals surface area contributed by atoms with Crippen molar-refractivity contribution in [1.82, 2.24) is 0 Å². The fraction of sp³-hybridized carbons (Fsp3) is 0.708. The summed E-state index contributed by atoms with van der Waals surface area (Å²) in [6, 6.07) is 9.52. The zero-order valence-corrected chi connectivity index (χ0v) is 18.5. The highest BCUT2D eigenvalue weighted by molar-refractivity contribution is 5.77. The standard InChI is InChI=1S/C12H26O.C7H8O.C5H10O/c1-4-5-6-7-8-9-10-11-12(2)13-3;8-6-7-4-2-1-3-5-7;1-3-5(6)4-2/h12H,4-11H2,1-3H3;1-5,8H,6H2;3-4H2,1-2H3. The monoisotopic (exact) mass is 380 g/mol. The number of hydrogen-bond donors (Lipinski definition) is 1.